The van der Waals surface area contributed by atoms with Gasteiger partial charge in [-0.1, -0.05) is 12.1 Å². The van der Waals surface area contributed by atoms with E-state index >= 15 is 0 Å². The number of nitrogens with zero attached hydrogens (tertiary/aromatic N) is 3. The van der Waals surface area contributed by atoms with Gasteiger partial charge in [0.2, 0.25) is 0 Å². The van der Waals surface area contributed by atoms with Gasteiger partial charge in [0.05, 0.1) is 25.7 Å². The smallest absolute Gasteiger partial charge is 0.264 e. The minimum Gasteiger partial charge on any atom is -0.366 e. The molecule has 0 radical (unpaired) electrons. The van der Waals surface area contributed by atoms with Gasteiger partial charge >= 0.3 is 0 Å². The van der Waals surface area contributed by atoms with Crippen LogP contribution < -0.4 is 4.90 Å². The molecule has 32 heavy (non-hydrogen) atoms. The molecule has 4 aromatic rings. The molecular weight excluding hydrogens is 445 g/mol. The standard InChI is InChI=1S/C24H20FN3O2S2/c1-15(29)16-6-7-19(17(25)14-16)27-10-12-28(13-11-27)24(30)22-9-8-21(31-22)23-26-18-4-2-3-5-20(18)32-23/h2-9,14H,10-13H2,1H3. The van der Waals surface area contributed by atoms with E-state index in [1.165, 1.54) is 24.3 Å². The van der Waals surface area contributed by atoms with Crippen LogP contribution in [0.4, 0.5) is 10.1 Å². The number of anilines is 1. The quantitative estimate of drug-likeness (QED) is 0.382. The van der Waals surface area contributed by atoms with Gasteiger partial charge in [-0.2, -0.15) is 0 Å². The Balaban J connectivity index is 1.26. The molecule has 0 N–H and O–H groups in total. The second-order valence-electron chi connectivity index (χ2n) is 7.65. The minimum atomic E-state index is -0.406. The van der Waals surface area contributed by atoms with Crippen molar-refractivity contribution in [1.82, 2.24) is 9.88 Å². The molecule has 8 heteroatoms. The van der Waals surface area contributed by atoms with Crippen LogP contribution in [0.15, 0.2) is 54.6 Å². The third-order valence-corrected chi connectivity index (χ3v) is 7.86. The summed E-state index contributed by atoms with van der Waals surface area (Å²) in [5, 5.41) is 0.921. The summed E-state index contributed by atoms with van der Waals surface area (Å²) in [5.74, 6) is -0.572. The normalized spacial score (nSPS) is 14.2. The summed E-state index contributed by atoms with van der Waals surface area (Å²) in [4.78, 5) is 34.6. The monoisotopic (exact) mass is 465 g/mol. The lowest BCUT2D eigenvalue weighted by atomic mass is 10.1. The van der Waals surface area contributed by atoms with Crippen LogP contribution in [0, 0.1) is 5.82 Å². The van der Waals surface area contributed by atoms with Crippen LogP contribution >= 0.6 is 22.7 Å². The molecule has 0 saturated carbocycles. The van der Waals surface area contributed by atoms with Crippen molar-refractivity contribution >= 4 is 50.3 Å². The highest BCUT2D eigenvalue weighted by Gasteiger charge is 2.25. The number of hydrogen-bond donors (Lipinski definition) is 0. The third kappa shape index (κ3) is 3.91. The lowest BCUT2D eigenvalue weighted by Gasteiger charge is -2.36. The third-order valence-electron chi connectivity index (χ3n) is 5.58. The summed E-state index contributed by atoms with van der Waals surface area (Å²) in [6, 6.07) is 16.4. The van der Waals surface area contributed by atoms with Crippen LogP contribution in [0.1, 0.15) is 27.0 Å². The number of benzene rings is 2. The molecule has 0 spiro atoms. The summed E-state index contributed by atoms with van der Waals surface area (Å²) in [6.07, 6.45) is 0. The van der Waals surface area contributed by atoms with Gasteiger partial charge in [-0.05, 0) is 49.4 Å². The van der Waals surface area contributed by atoms with Crippen molar-refractivity contribution < 1.29 is 14.0 Å². The zero-order valence-corrected chi connectivity index (χ0v) is 19.0. The van der Waals surface area contributed by atoms with Gasteiger partial charge in [0.15, 0.2) is 5.78 Å². The number of halogens is 1. The first-order valence-corrected chi connectivity index (χ1v) is 11.9. The molecule has 1 fully saturated rings. The molecule has 0 bridgehead atoms. The number of thiophene rings is 1. The fourth-order valence-electron chi connectivity index (χ4n) is 3.83. The Morgan fingerprint density at radius 1 is 0.969 bits per heavy atom. The van der Waals surface area contributed by atoms with Crippen LogP contribution in [0.2, 0.25) is 0 Å². The number of aromatic nitrogens is 1. The van der Waals surface area contributed by atoms with Gasteiger partial charge in [-0.25, -0.2) is 9.37 Å². The Bertz CT molecular complexity index is 1290. The summed E-state index contributed by atoms with van der Waals surface area (Å²) in [7, 11) is 0. The second-order valence-corrected chi connectivity index (χ2v) is 9.77. The molecule has 162 valence electrons. The van der Waals surface area contributed by atoms with Crippen molar-refractivity contribution in [2.75, 3.05) is 31.1 Å². The van der Waals surface area contributed by atoms with Crippen molar-refractivity contribution in [1.29, 1.82) is 0 Å². The predicted molar refractivity (Wildman–Crippen MR) is 127 cm³/mol. The topological polar surface area (TPSA) is 53.5 Å². The molecule has 5 rings (SSSR count). The maximum atomic E-state index is 14.5. The first-order chi connectivity index (χ1) is 15.5. The summed E-state index contributed by atoms with van der Waals surface area (Å²) < 4.78 is 15.6. The number of piperazine rings is 1. The van der Waals surface area contributed by atoms with Crippen molar-refractivity contribution in [2.45, 2.75) is 6.92 Å². The first-order valence-electron chi connectivity index (χ1n) is 10.3. The van der Waals surface area contributed by atoms with E-state index < -0.39 is 5.82 Å². The Kier molecular flexibility index (Phi) is 5.48. The molecule has 1 amide bonds. The number of para-hydroxylation sites is 1. The Hall–Kier alpha value is -3.10. The molecule has 1 aliphatic heterocycles. The van der Waals surface area contributed by atoms with E-state index in [0.717, 1.165) is 20.1 Å². The van der Waals surface area contributed by atoms with E-state index in [2.05, 4.69) is 4.98 Å². The van der Waals surface area contributed by atoms with Gasteiger partial charge in [0.25, 0.3) is 5.91 Å². The van der Waals surface area contributed by atoms with E-state index in [-0.39, 0.29) is 11.7 Å². The fourth-order valence-corrected chi connectivity index (χ4v) is 5.83. The van der Waals surface area contributed by atoms with Crippen LogP contribution in [0.5, 0.6) is 0 Å². The molecule has 5 nitrogen and oxygen atoms in total. The molecule has 3 heterocycles. The maximum Gasteiger partial charge on any atom is 0.264 e. The zero-order chi connectivity index (χ0) is 22.2. The zero-order valence-electron chi connectivity index (χ0n) is 17.4. The number of hydrogen-bond acceptors (Lipinski definition) is 6. The van der Waals surface area contributed by atoms with Crippen LogP contribution in [0.3, 0.4) is 0 Å². The number of Topliss-reactive ketones (excluding diaryl/α,β-unsaturated/α-hetero) is 1. The number of carbonyl (C=O) groups excluding carboxylic acids is 2. The van der Waals surface area contributed by atoms with Crippen LogP contribution in [0.25, 0.3) is 20.1 Å². The molecule has 1 saturated heterocycles. The Labute approximate surface area is 192 Å². The summed E-state index contributed by atoms with van der Waals surface area (Å²) in [5.41, 5.74) is 1.80. The minimum absolute atomic E-state index is 0.00518. The lowest BCUT2D eigenvalue weighted by Crippen LogP contribution is -2.48. The highest BCUT2D eigenvalue weighted by Crippen LogP contribution is 2.35. The fraction of sp³-hybridized carbons (Fsp3) is 0.208. The van der Waals surface area contributed by atoms with E-state index in [0.29, 0.717) is 42.3 Å². The van der Waals surface area contributed by atoms with E-state index in [1.54, 1.807) is 23.5 Å². The Morgan fingerprint density at radius 2 is 1.75 bits per heavy atom. The number of rotatable bonds is 4. The maximum absolute atomic E-state index is 14.5. The summed E-state index contributed by atoms with van der Waals surface area (Å²) in [6.45, 7) is 3.53. The summed E-state index contributed by atoms with van der Waals surface area (Å²) >= 11 is 3.08. The van der Waals surface area contributed by atoms with E-state index in [4.69, 9.17) is 0 Å². The Morgan fingerprint density at radius 3 is 2.47 bits per heavy atom. The molecule has 2 aromatic carbocycles. The number of amides is 1. The highest BCUT2D eigenvalue weighted by molar-refractivity contribution is 7.26. The first kappa shape index (κ1) is 20.8. The number of fused-ring (bicyclic) bond motifs is 1. The van der Waals surface area contributed by atoms with Gasteiger partial charge < -0.3 is 9.80 Å². The SMILES string of the molecule is CC(=O)c1ccc(N2CCN(C(=O)c3ccc(-c4nc5ccccc5s4)s3)CC2)c(F)c1. The molecule has 2 aromatic heterocycles. The number of carbonyl (C=O) groups is 2. The van der Waals surface area contributed by atoms with Gasteiger partial charge in [-0.3, -0.25) is 9.59 Å². The van der Waals surface area contributed by atoms with Crippen molar-refractivity contribution in [2.24, 2.45) is 0 Å². The number of ketones is 1. The average Bonchev–Trinajstić information content (AvgIpc) is 3.46. The molecule has 1 aliphatic rings. The van der Waals surface area contributed by atoms with Crippen LogP contribution in [-0.4, -0.2) is 47.8 Å². The van der Waals surface area contributed by atoms with Crippen molar-refractivity contribution in [3.8, 4) is 9.88 Å². The molecule has 0 atom stereocenters. The number of thiazole rings is 1. The van der Waals surface area contributed by atoms with Gasteiger partial charge in [0.1, 0.15) is 10.8 Å². The lowest BCUT2D eigenvalue weighted by molar-refractivity contribution is 0.0751. The molecular formula is C24H20FN3O2S2. The van der Waals surface area contributed by atoms with Crippen LogP contribution in [-0.2, 0) is 0 Å². The molecule has 0 aliphatic carbocycles. The predicted octanol–water partition coefficient (Wildman–Crippen LogP) is 5.33. The van der Waals surface area contributed by atoms with Crippen molar-refractivity contribution in [3.05, 3.63) is 70.9 Å². The molecule has 0 unspecified atom stereocenters. The largest absolute Gasteiger partial charge is 0.366 e. The van der Waals surface area contributed by atoms with Crippen molar-refractivity contribution in [3.63, 3.8) is 0 Å². The average molecular weight is 466 g/mol. The van der Waals surface area contributed by atoms with E-state index in [9.17, 15) is 14.0 Å². The van der Waals surface area contributed by atoms with Gasteiger partial charge in [-0.15, -0.1) is 22.7 Å². The second kappa shape index (κ2) is 8.44. The van der Waals surface area contributed by atoms with E-state index in [1.807, 2.05) is 46.2 Å². The van der Waals surface area contributed by atoms with Gasteiger partial charge in [0, 0.05) is 31.7 Å². The highest BCUT2D eigenvalue weighted by atomic mass is 32.1.